The summed E-state index contributed by atoms with van der Waals surface area (Å²) in [4.78, 5) is 16.1. The van der Waals surface area contributed by atoms with Crippen molar-refractivity contribution in [3.63, 3.8) is 0 Å². The summed E-state index contributed by atoms with van der Waals surface area (Å²) in [5.74, 6) is 1.35. The molecule has 1 aromatic heterocycles. The number of amides is 2. The molecule has 2 aromatic rings. The van der Waals surface area contributed by atoms with Crippen LogP contribution in [0.2, 0.25) is 0 Å². The number of urea groups is 1. The summed E-state index contributed by atoms with van der Waals surface area (Å²) in [7, 11) is 1.65. The van der Waals surface area contributed by atoms with Gasteiger partial charge >= 0.3 is 6.03 Å². The molecule has 1 fully saturated rings. The Morgan fingerprint density at radius 2 is 2.17 bits per heavy atom. The number of benzene rings is 1. The van der Waals surface area contributed by atoms with Crippen molar-refractivity contribution in [2.45, 2.75) is 31.8 Å². The predicted octanol–water partition coefficient (Wildman–Crippen LogP) is 2.13. The van der Waals surface area contributed by atoms with Crippen molar-refractivity contribution in [2.75, 3.05) is 13.7 Å². The first-order chi connectivity index (χ1) is 11.8. The van der Waals surface area contributed by atoms with Crippen molar-refractivity contribution < 1.29 is 9.53 Å². The Balaban J connectivity index is 1.46. The van der Waals surface area contributed by atoms with Crippen molar-refractivity contribution >= 4 is 6.03 Å². The Bertz CT molecular complexity index is 638. The third-order valence-electron chi connectivity index (χ3n) is 4.17. The van der Waals surface area contributed by atoms with Gasteiger partial charge in [-0.05, 0) is 42.9 Å². The largest absolute Gasteiger partial charge is 0.497 e. The van der Waals surface area contributed by atoms with Crippen molar-refractivity contribution in [3.05, 3.63) is 42.5 Å². The Morgan fingerprint density at radius 1 is 1.38 bits per heavy atom. The average Bonchev–Trinajstić information content (AvgIpc) is 3.32. The Kier molecular flexibility index (Phi) is 5.30. The highest BCUT2D eigenvalue weighted by Gasteiger charge is 2.33. The number of nitrogens with one attached hydrogen (secondary N) is 2. The summed E-state index contributed by atoms with van der Waals surface area (Å²) in [6, 6.07) is 7.84. The molecule has 1 saturated carbocycles. The van der Waals surface area contributed by atoms with E-state index in [0.29, 0.717) is 12.5 Å². The number of hydrogen-bond acceptors (Lipinski definition) is 4. The van der Waals surface area contributed by atoms with Crippen LogP contribution in [0.5, 0.6) is 5.75 Å². The van der Waals surface area contributed by atoms with E-state index < -0.39 is 0 Å². The van der Waals surface area contributed by atoms with E-state index in [-0.39, 0.29) is 12.1 Å². The SMILES string of the molecule is COc1ccc(C(NC(=O)NCCCn2cncn2)C2CC2)cc1. The van der Waals surface area contributed by atoms with Crippen LogP contribution in [0, 0.1) is 5.92 Å². The van der Waals surface area contributed by atoms with Crippen LogP contribution < -0.4 is 15.4 Å². The first kappa shape index (κ1) is 16.3. The molecule has 3 rings (SSSR count). The van der Waals surface area contributed by atoms with Gasteiger partial charge in [0.25, 0.3) is 0 Å². The summed E-state index contributed by atoms with van der Waals surface area (Å²) < 4.78 is 6.94. The third-order valence-corrected chi connectivity index (χ3v) is 4.17. The number of nitrogens with zero attached hydrogens (tertiary/aromatic N) is 3. The van der Waals surface area contributed by atoms with Gasteiger partial charge in [-0.25, -0.2) is 9.78 Å². The molecule has 0 aliphatic heterocycles. The van der Waals surface area contributed by atoms with Gasteiger partial charge in [0, 0.05) is 13.1 Å². The Morgan fingerprint density at radius 3 is 2.79 bits per heavy atom. The van der Waals surface area contributed by atoms with Crippen LogP contribution in [-0.4, -0.2) is 34.5 Å². The topological polar surface area (TPSA) is 81.1 Å². The molecule has 0 saturated heterocycles. The summed E-state index contributed by atoms with van der Waals surface area (Å²) in [5, 5.41) is 10.0. The van der Waals surface area contributed by atoms with Crippen LogP contribution in [0.1, 0.15) is 30.9 Å². The van der Waals surface area contributed by atoms with Crippen molar-refractivity contribution in [2.24, 2.45) is 5.92 Å². The van der Waals surface area contributed by atoms with E-state index >= 15 is 0 Å². The molecule has 0 spiro atoms. The van der Waals surface area contributed by atoms with E-state index in [9.17, 15) is 4.79 Å². The van der Waals surface area contributed by atoms with Crippen LogP contribution >= 0.6 is 0 Å². The highest BCUT2D eigenvalue weighted by atomic mass is 16.5. The number of rotatable bonds is 8. The van der Waals surface area contributed by atoms with Gasteiger partial charge < -0.3 is 15.4 Å². The van der Waals surface area contributed by atoms with Gasteiger partial charge in [-0.1, -0.05) is 12.1 Å². The number of methoxy groups -OCH3 is 1. The lowest BCUT2D eigenvalue weighted by atomic mass is 10.0. The molecule has 1 unspecified atom stereocenters. The molecule has 0 radical (unpaired) electrons. The van der Waals surface area contributed by atoms with E-state index in [4.69, 9.17) is 4.74 Å². The van der Waals surface area contributed by atoms with E-state index in [2.05, 4.69) is 20.7 Å². The molecule has 1 heterocycles. The zero-order valence-electron chi connectivity index (χ0n) is 13.8. The molecule has 7 nitrogen and oxygen atoms in total. The lowest BCUT2D eigenvalue weighted by Crippen LogP contribution is -2.39. The fourth-order valence-electron chi connectivity index (χ4n) is 2.70. The summed E-state index contributed by atoms with van der Waals surface area (Å²) >= 11 is 0. The maximum atomic E-state index is 12.2. The molecule has 128 valence electrons. The molecule has 1 aliphatic rings. The van der Waals surface area contributed by atoms with E-state index in [0.717, 1.165) is 37.1 Å². The monoisotopic (exact) mass is 329 g/mol. The summed E-state index contributed by atoms with van der Waals surface area (Å²) in [5.41, 5.74) is 1.12. The molecule has 1 aromatic carbocycles. The minimum absolute atomic E-state index is 0.0613. The third kappa shape index (κ3) is 4.47. The minimum Gasteiger partial charge on any atom is -0.497 e. The first-order valence-electron chi connectivity index (χ1n) is 8.27. The highest BCUT2D eigenvalue weighted by Crippen LogP contribution is 2.41. The van der Waals surface area contributed by atoms with Gasteiger partial charge in [-0.3, -0.25) is 4.68 Å². The normalized spacial score (nSPS) is 14.9. The Hall–Kier alpha value is -2.57. The molecule has 0 bridgehead atoms. The standard InChI is InChI=1S/C17H23N5O2/c1-24-15-7-5-14(6-8-15)16(13-3-4-13)21-17(23)19-9-2-10-22-12-18-11-20-22/h5-8,11-13,16H,2-4,9-10H2,1H3,(H2,19,21,23). The summed E-state index contributed by atoms with van der Waals surface area (Å²) in [6.07, 6.45) is 6.31. The van der Waals surface area contributed by atoms with E-state index in [1.807, 2.05) is 24.3 Å². The first-order valence-corrected chi connectivity index (χ1v) is 8.27. The Labute approximate surface area is 141 Å². The lowest BCUT2D eigenvalue weighted by molar-refractivity contribution is 0.235. The second-order valence-corrected chi connectivity index (χ2v) is 6.00. The van der Waals surface area contributed by atoms with Crippen LogP contribution in [0.25, 0.3) is 0 Å². The minimum atomic E-state index is -0.124. The molecule has 2 N–H and O–H groups in total. The van der Waals surface area contributed by atoms with Gasteiger partial charge in [0.1, 0.15) is 18.4 Å². The average molecular weight is 329 g/mol. The zero-order chi connectivity index (χ0) is 16.8. The van der Waals surface area contributed by atoms with Crippen LogP contribution in [0.4, 0.5) is 4.79 Å². The maximum absolute atomic E-state index is 12.2. The number of aromatic nitrogens is 3. The van der Waals surface area contributed by atoms with Gasteiger partial charge in [0.2, 0.25) is 0 Å². The zero-order valence-corrected chi connectivity index (χ0v) is 13.8. The predicted molar refractivity (Wildman–Crippen MR) is 89.6 cm³/mol. The molecule has 2 amide bonds. The van der Waals surface area contributed by atoms with E-state index in [1.54, 1.807) is 18.1 Å². The molecule has 1 atom stereocenters. The lowest BCUT2D eigenvalue weighted by Gasteiger charge is -2.19. The maximum Gasteiger partial charge on any atom is 0.315 e. The second-order valence-electron chi connectivity index (χ2n) is 6.00. The van der Waals surface area contributed by atoms with Gasteiger partial charge in [0.15, 0.2) is 0 Å². The smallest absolute Gasteiger partial charge is 0.315 e. The van der Waals surface area contributed by atoms with Crippen molar-refractivity contribution in [3.8, 4) is 5.75 Å². The van der Waals surface area contributed by atoms with Gasteiger partial charge in [0.05, 0.1) is 13.2 Å². The van der Waals surface area contributed by atoms with Crippen LogP contribution in [0.15, 0.2) is 36.9 Å². The fraction of sp³-hybridized carbons (Fsp3) is 0.471. The van der Waals surface area contributed by atoms with Crippen molar-refractivity contribution in [1.29, 1.82) is 0 Å². The van der Waals surface area contributed by atoms with Crippen LogP contribution in [0.3, 0.4) is 0 Å². The number of hydrogen-bond donors (Lipinski definition) is 2. The molecule has 7 heteroatoms. The van der Waals surface area contributed by atoms with Gasteiger partial charge in [-0.2, -0.15) is 5.10 Å². The number of carbonyl (C=O) groups excluding carboxylic acids is 1. The van der Waals surface area contributed by atoms with E-state index in [1.165, 1.54) is 6.33 Å². The number of ether oxygens (including phenoxy) is 1. The molecular weight excluding hydrogens is 306 g/mol. The van der Waals surface area contributed by atoms with Crippen molar-refractivity contribution in [1.82, 2.24) is 25.4 Å². The highest BCUT2D eigenvalue weighted by molar-refractivity contribution is 5.74. The molecule has 1 aliphatic carbocycles. The quantitative estimate of drug-likeness (QED) is 0.727. The number of carbonyl (C=O) groups is 1. The van der Waals surface area contributed by atoms with Gasteiger partial charge in [-0.15, -0.1) is 0 Å². The second kappa shape index (κ2) is 7.81. The molecule has 24 heavy (non-hydrogen) atoms. The number of aryl methyl sites for hydroxylation is 1. The van der Waals surface area contributed by atoms with Crippen LogP contribution in [-0.2, 0) is 6.54 Å². The molecular formula is C17H23N5O2. The fourth-order valence-corrected chi connectivity index (χ4v) is 2.70. The summed E-state index contributed by atoms with van der Waals surface area (Å²) in [6.45, 7) is 1.34.